The standard InChI is InChI=1S/C8H14O2.C2H7O4P/c1-4-5-6-10-8(9)7(2)3;1-2-6-7(3,4)5/h2,4-6H2,1,3H3;2H2,1H3,(H2,3,4,5). The van der Waals surface area contributed by atoms with Crippen molar-refractivity contribution in [2.75, 3.05) is 13.2 Å². The number of rotatable bonds is 6. The van der Waals surface area contributed by atoms with Crippen LogP contribution in [-0.2, 0) is 18.6 Å². The van der Waals surface area contributed by atoms with Crippen LogP contribution in [0, 0.1) is 0 Å². The summed E-state index contributed by atoms with van der Waals surface area (Å²) < 4.78 is 18.4. The average Bonchev–Trinajstić information content (AvgIpc) is 2.16. The van der Waals surface area contributed by atoms with Crippen molar-refractivity contribution in [3.05, 3.63) is 12.2 Å². The number of unbranched alkanes of at least 4 members (excludes halogenated alkanes) is 1. The fraction of sp³-hybridized carbons (Fsp3) is 0.700. The normalized spacial score (nSPS) is 10.2. The topological polar surface area (TPSA) is 93.1 Å². The maximum atomic E-state index is 10.7. The van der Waals surface area contributed by atoms with Gasteiger partial charge in [0.25, 0.3) is 0 Å². The molecule has 0 heterocycles. The van der Waals surface area contributed by atoms with Gasteiger partial charge in [-0.2, -0.15) is 0 Å². The largest absolute Gasteiger partial charge is 0.469 e. The smallest absolute Gasteiger partial charge is 0.462 e. The van der Waals surface area contributed by atoms with Crippen LogP contribution in [0.3, 0.4) is 0 Å². The highest BCUT2D eigenvalue weighted by atomic mass is 31.2. The predicted molar refractivity (Wildman–Crippen MR) is 64.4 cm³/mol. The predicted octanol–water partition coefficient (Wildman–Crippen LogP) is 2.02. The Kier molecular flexibility index (Phi) is 11.5. The Morgan fingerprint density at radius 3 is 2.12 bits per heavy atom. The van der Waals surface area contributed by atoms with Gasteiger partial charge in [0, 0.05) is 5.57 Å². The maximum Gasteiger partial charge on any atom is 0.469 e. The van der Waals surface area contributed by atoms with Crippen LogP contribution in [-0.4, -0.2) is 29.0 Å². The second-order valence-electron chi connectivity index (χ2n) is 3.18. The van der Waals surface area contributed by atoms with E-state index in [0.717, 1.165) is 12.8 Å². The zero-order chi connectivity index (χ0) is 13.9. The third-order valence-electron chi connectivity index (χ3n) is 1.38. The molecule has 17 heavy (non-hydrogen) atoms. The summed E-state index contributed by atoms with van der Waals surface area (Å²) in [4.78, 5) is 26.5. The van der Waals surface area contributed by atoms with Gasteiger partial charge < -0.3 is 14.5 Å². The summed E-state index contributed by atoms with van der Waals surface area (Å²) in [6.45, 7) is 9.23. The quantitative estimate of drug-likeness (QED) is 0.331. The van der Waals surface area contributed by atoms with Crippen LogP contribution in [0.25, 0.3) is 0 Å². The lowest BCUT2D eigenvalue weighted by molar-refractivity contribution is -0.139. The summed E-state index contributed by atoms with van der Waals surface area (Å²) in [7, 11) is -4.17. The molecule has 0 saturated heterocycles. The van der Waals surface area contributed by atoms with E-state index in [9.17, 15) is 9.36 Å². The number of phosphoric acid groups is 1. The van der Waals surface area contributed by atoms with Crippen LogP contribution in [0.5, 0.6) is 0 Å². The Balaban J connectivity index is 0. The molecule has 0 spiro atoms. The molecule has 0 amide bonds. The van der Waals surface area contributed by atoms with Crippen LogP contribution in [0.2, 0.25) is 0 Å². The number of ether oxygens (including phenoxy) is 1. The fourth-order valence-corrected chi connectivity index (χ4v) is 0.937. The molecule has 0 saturated carbocycles. The van der Waals surface area contributed by atoms with Crippen LogP contribution < -0.4 is 0 Å². The van der Waals surface area contributed by atoms with Crippen LogP contribution in [0.15, 0.2) is 12.2 Å². The minimum atomic E-state index is -4.17. The van der Waals surface area contributed by atoms with Gasteiger partial charge in [-0.1, -0.05) is 19.9 Å². The molecule has 0 unspecified atom stereocenters. The average molecular weight is 268 g/mol. The van der Waals surface area contributed by atoms with Gasteiger partial charge in [-0.05, 0) is 20.3 Å². The molecule has 0 rings (SSSR count). The summed E-state index contributed by atoms with van der Waals surface area (Å²) in [5.74, 6) is -0.284. The highest BCUT2D eigenvalue weighted by Crippen LogP contribution is 2.34. The molecule has 0 aliphatic carbocycles. The lowest BCUT2D eigenvalue weighted by Gasteiger charge is -2.01. The van der Waals surface area contributed by atoms with Crippen molar-refractivity contribution in [3.8, 4) is 0 Å². The lowest BCUT2D eigenvalue weighted by Crippen LogP contribution is -2.05. The molecule has 7 heteroatoms. The number of esters is 1. The Morgan fingerprint density at radius 1 is 1.35 bits per heavy atom. The molecule has 0 atom stereocenters. The van der Waals surface area contributed by atoms with E-state index in [1.54, 1.807) is 6.92 Å². The number of carbonyl (C=O) groups excluding carboxylic acids is 1. The number of carbonyl (C=O) groups is 1. The van der Waals surface area contributed by atoms with Gasteiger partial charge in [0.05, 0.1) is 13.2 Å². The van der Waals surface area contributed by atoms with E-state index in [0.29, 0.717) is 12.2 Å². The van der Waals surface area contributed by atoms with E-state index in [1.165, 1.54) is 6.92 Å². The van der Waals surface area contributed by atoms with Crippen molar-refractivity contribution in [2.45, 2.75) is 33.6 Å². The van der Waals surface area contributed by atoms with Gasteiger partial charge in [-0.25, -0.2) is 9.36 Å². The third-order valence-corrected chi connectivity index (χ3v) is 1.97. The first-order valence-corrected chi connectivity index (χ1v) is 6.80. The summed E-state index contributed by atoms with van der Waals surface area (Å²) >= 11 is 0. The molecular weight excluding hydrogens is 247 g/mol. The molecule has 0 radical (unpaired) electrons. The van der Waals surface area contributed by atoms with E-state index in [4.69, 9.17) is 14.5 Å². The van der Waals surface area contributed by atoms with Crippen LogP contribution in [0.4, 0.5) is 0 Å². The SMILES string of the molecule is C=C(C)C(=O)OCCCC.CCOP(=O)(O)O. The monoisotopic (exact) mass is 268 g/mol. The van der Waals surface area contributed by atoms with Crippen molar-refractivity contribution in [1.82, 2.24) is 0 Å². The second kappa shape index (κ2) is 10.5. The van der Waals surface area contributed by atoms with E-state index in [1.807, 2.05) is 0 Å². The van der Waals surface area contributed by atoms with E-state index in [-0.39, 0.29) is 12.6 Å². The number of hydrogen-bond acceptors (Lipinski definition) is 4. The molecule has 0 aromatic rings. The lowest BCUT2D eigenvalue weighted by atomic mass is 10.3. The molecule has 6 nitrogen and oxygen atoms in total. The van der Waals surface area contributed by atoms with E-state index in [2.05, 4.69) is 18.0 Å². The molecule has 0 aliphatic rings. The third kappa shape index (κ3) is 17.9. The zero-order valence-electron chi connectivity index (χ0n) is 10.5. The zero-order valence-corrected chi connectivity index (χ0v) is 11.4. The second-order valence-corrected chi connectivity index (χ2v) is 4.42. The highest BCUT2D eigenvalue weighted by molar-refractivity contribution is 7.46. The minimum Gasteiger partial charge on any atom is -0.462 e. The summed E-state index contributed by atoms with van der Waals surface area (Å²) in [6.07, 6.45) is 1.97. The van der Waals surface area contributed by atoms with E-state index >= 15 is 0 Å². The van der Waals surface area contributed by atoms with E-state index < -0.39 is 7.82 Å². The molecular formula is C10H21O6P. The Labute approximate surface area is 102 Å². The van der Waals surface area contributed by atoms with Crippen molar-refractivity contribution in [3.63, 3.8) is 0 Å². The summed E-state index contributed by atoms with van der Waals surface area (Å²) in [6, 6.07) is 0. The van der Waals surface area contributed by atoms with Gasteiger partial charge in [0.1, 0.15) is 0 Å². The first-order valence-electron chi connectivity index (χ1n) is 5.27. The first kappa shape index (κ1) is 18.7. The Morgan fingerprint density at radius 2 is 1.88 bits per heavy atom. The van der Waals surface area contributed by atoms with Gasteiger partial charge in [-0.15, -0.1) is 0 Å². The number of phosphoric ester groups is 1. The molecule has 0 aromatic carbocycles. The molecule has 0 fully saturated rings. The minimum absolute atomic E-state index is 0.0459. The fourth-order valence-electron chi connectivity index (χ4n) is 0.601. The van der Waals surface area contributed by atoms with Crippen molar-refractivity contribution >= 4 is 13.8 Å². The molecule has 102 valence electrons. The van der Waals surface area contributed by atoms with Gasteiger partial charge in [0.2, 0.25) is 0 Å². The van der Waals surface area contributed by atoms with Gasteiger partial charge in [0.15, 0.2) is 0 Å². The summed E-state index contributed by atoms with van der Waals surface area (Å²) in [5.41, 5.74) is 0.469. The van der Waals surface area contributed by atoms with Gasteiger partial charge >= 0.3 is 13.8 Å². The molecule has 0 aromatic heterocycles. The Hall–Kier alpha value is -0.680. The Bertz CT molecular complexity index is 270. The van der Waals surface area contributed by atoms with Crippen molar-refractivity contribution < 1.29 is 28.4 Å². The summed E-state index contributed by atoms with van der Waals surface area (Å²) in [5, 5.41) is 0. The van der Waals surface area contributed by atoms with Gasteiger partial charge in [-0.3, -0.25) is 4.52 Å². The van der Waals surface area contributed by atoms with Crippen molar-refractivity contribution in [1.29, 1.82) is 0 Å². The molecule has 2 N–H and O–H groups in total. The van der Waals surface area contributed by atoms with Crippen LogP contribution in [0.1, 0.15) is 33.6 Å². The maximum absolute atomic E-state index is 10.7. The van der Waals surface area contributed by atoms with Crippen molar-refractivity contribution in [2.24, 2.45) is 0 Å². The van der Waals surface area contributed by atoms with Crippen LogP contribution >= 0.6 is 7.82 Å². The first-order chi connectivity index (χ1) is 7.74. The highest BCUT2D eigenvalue weighted by Gasteiger charge is 2.10. The number of hydrogen-bond donors (Lipinski definition) is 2. The molecule has 0 bridgehead atoms. The molecule has 0 aliphatic heterocycles.